The molecular formula is C22H20N4O2S. The van der Waals surface area contributed by atoms with Crippen molar-refractivity contribution in [2.75, 3.05) is 5.32 Å². The lowest BCUT2D eigenvalue weighted by Gasteiger charge is -2.18. The number of H-pyrrole nitrogens is 1. The molecule has 0 bridgehead atoms. The monoisotopic (exact) mass is 404 g/mol. The van der Waals surface area contributed by atoms with Crippen molar-refractivity contribution < 1.29 is 9.59 Å². The van der Waals surface area contributed by atoms with E-state index in [2.05, 4.69) is 20.6 Å². The van der Waals surface area contributed by atoms with E-state index in [1.54, 1.807) is 18.3 Å². The van der Waals surface area contributed by atoms with Crippen LogP contribution >= 0.6 is 11.3 Å². The summed E-state index contributed by atoms with van der Waals surface area (Å²) in [5.74, 6) is -0.111. The summed E-state index contributed by atoms with van der Waals surface area (Å²) in [6.45, 7) is 1.93. The highest BCUT2D eigenvalue weighted by Crippen LogP contribution is 2.20. The zero-order valence-electron chi connectivity index (χ0n) is 15.8. The molecule has 3 N–H and O–H groups in total. The molecule has 7 heteroatoms. The summed E-state index contributed by atoms with van der Waals surface area (Å²) in [7, 11) is 0. The highest BCUT2D eigenvalue weighted by molar-refractivity contribution is 7.12. The first-order chi connectivity index (χ1) is 14.1. The number of carbonyl (C=O) groups is 2. The molecule has 0 aliphatic carbocycles. The van der Waals surface area contributed by atoms with E-state index in [4.69, 9.17) is 0 Å². The minimum absolute atomic E-state index is 0.266. The smallest absolute Gasteiger partial charge is 0.262 e. The number of pyridine rings is 1. The van der Waals surface area contributed by atoms with Gasteiger partial charge in [-0.25, -0.2) is 4.98 Å². The van der Waals surface area contributed by atoms with Crippen molar-refractivity contribution in [3.8, 4) is 0 Å². The van der Waals surface area contributed by atoms with E-state index < -0.39 is 6.04 Å². The quantitative estimate of drug-likeness (QED) is 0.455. The molecule has 0 aliphatic rings. The first kappa shape index (κ1) is 18.9. The second-order valence-corrected chi connectivity index (χ2v) is 7.72. The standard InChI is InChI=1S/C22H20N4O2S/c1-14-8-9-23-20(11-14)26-21(27)18(25-22(28)19-7-4-10-29-19)12-15-13-24-17-6-3-2-5-16(15)17/h2-11,13,18,24H,12H2,1H3,(H,25,28)(H,23,26,27)/t18-/m0/s1. The van der Waals surface area contributed by atoms with E-state index in [1.165, 1.54) is 11.3 Å². The van der Waals surface area contributed by atoms with Crippen molar-refractivity contribution in [2.45, 2.75) is 19.4 Å². The topological polar surface area (TPSA) is 86.9 Å². The molecule has 0 saturated heterocycles. The van der Waals surface area contributed by atoms with E-state index >= 15 is 0 Å². The summed E-state index contributed by atoms with van der Waals surface area (Å²) in [6, 6.07) is 14.3. The third-order valence-electron chi connectivity index (χ3n) is 4.63. The lowest BCUT2D eigenvalue weighted by molar-refractivity contribution is -0.118. The Kier molecular flexibility index (Phi) is 5.39. The van der Waals surface area contributed by atoms with Crippen molar-refractivity contribution in [3.63, 3.8) is 0 Å². The van der Waals surface area contributed by atoms with Crippen LogP contribution in [0.5, 0.6) is 0 Å². The SMILES string of the molecule is Cc1ccnc(NC(=O)[C@H](Cc2c[nH]c3ccccc23)NC(=O)c2cccs2)c1. The molecule has 3 aromatic heterocycles. The van der Waals surface area contributed by atoms with E-state index in [0.29, 0.717) is 17.1 Å². The van der Waals surface area contributed by atoms with Crippen LogP contribution in [0.4, 0.5) is 5.82 Å². The van der Waals surface area contributed by atoms with Gasteiger partial charge >= 0.3 is 0 Å². The Bertz CT molecular complexity index is 1150. The van der Waals surface area contributed by atoms with Crippen LogP contribution in [-0.2, 0) is 11.2 Å². The Morgan fingerprint density at radius 3 is 2.83 bits per heavy atom. The van der Waals surface area contributed by atoms with Gasteiger partial charge in [0.25, 0.3) is 5.91 Å². The molecule has 29 heavy (non-hydrogen) atoms. The van der Waals surface area contributed by atoms with Gasteiger partial charge in [-0.15, -0.1) is 11.3 Å². The third-order valence-corrected chi connectivity index (χ3v) is 5.50. The van der Waals surface area contributed by atoms with Crippen LogP contribution in [0.3, 0.4) is 0 Å². The van der Waals surface area contributed by atoms with Gasteiger partial charge < -0.3 is 15.6 Å². The Balaban J connectivity index is 1.59. The number of aryl methyl sites for hydroxylation is 1. The number of carbonyl (C=O) groups excluding carboxylic acids is 2. The predicted molar refractivity (Wildman–Crippen MR) is 115 cm³/mol. The van der Waals surface area contributed by atoms with E-state index in [-0.39, 0.29) is 11.8 Å². The maximum Gasteiger partial charge on any atom is 0.262 e. The summed E-state index contributed by atoms with van der Waals surface area (Å²) in [5.41, 5.74) is 2.95. The zero-order chi connectivity index (χ0) is 20.2. The predicted octanol–water partition coefficient (Wildman–Crippen LogP) is 3.91. The highest BCUT2D eigenvalue weighted by atomic mass is 32.1. The number of rotatable bonds is 6. The number of aromatic amines is 1. The number of para-hydroxylation sites is 1. The lowest BCUT2D eigenvalue weighted by atomic mass is 10.0. The fourth-order valence-corrected chi connectivity index (χ4v) is 3.81. The summed E-state index contributed by atoms with van der Waals surface area (Å²) in [4.78, 5) is 33.6. The maximum absolute atomic E-state index is 13.0. The van der Waals surface area contributed by atoms with Crippen molar-refractivity contribution in [1.29, 1.82) is 0 Å². The molecule has 4 rings (SSSR count). The van der Waals surface area contributed by atoms with Crippen LogP contribution in [0, 0.1) is 6.92 Å². The van der Waals surface area contributed by atoms with Crippen LogP contribution in [0.15, 0.2) is 66.3 Å². The average molecular weight is 404 g/mol. The third kappa shape index (κ3) is 4.35. The largest absolute Gasteiger partial charge is 0.361 e. The average Bonchev–Trinajstić information content (AvgIpc) is 3.38. The van der Waals surface area contributed by atoms with Gasteiger partial charge in [0.15, 0.2) is 0 Å². The van der Waals surface area contributed by atoms with Crippen LogP contribution < -0.4 is 10.6 Å². The van der Waals surface area contributed by atoms with Gasteiger partial charge in [-0.3, -0.25) is 9.59 Å². The molecule has 0 saturated carbocycles. The number of hydrogen-bond acceptors (Lipinski definition) is 4. The zero-order valence-corrected chi connectivity index (χ0v) is 16.6. The normalized spacial score (nSPS) is 11.9. The lowest BCUT2D eigenvalue weighted by Crippen LogP contribution is -2.45. The number of benzene rings is 1. The van der Waals surface area contributed by atoms with Crippen molar-refractivity contribution in [3.05, 3.63) is 82.3 Å². The second kappa shape index (κ2) is 8.28. The minimum atomic E-state index is -0.744. The summed E-state index contributed by atoms with van der Waals surface area (Å²) in [6.07, 6.45) is 3.88. The van der Waals surface area contributed by atoms with Crippen LogP contribution in [0.2, 0.25) is 0 Å². The van der Waals surface area contributed by atoms with Crippen LogP contribution in [-0.4, -0.2) is 27.8 Å². The Hall–Kier alpha value is -3.45. The molecule has 1 atom stereocenters. The highest BCUT2D eigenvalue weighted by Gasteiger charge is 2.24. The molecular weight excluding hydrogens is 384 g/mol. The molecule has 4 aromatic rings. The molecule has 6 nitrogen and oxygen atoms in total. The van der Waals surface area contributed by atoms with Crippen molar-refractivity contribution in [2.24, 2.45) is 0 Å². The van der Waals surface area contributed by atoms with Crippen molar-refractivity contribution >= 4 is 39.9 Å². The fourth-order valence-electron chi connectivity index (χ4n) is 3.18. The van der Waals surface area contributed by atoms with E-state index in [0.717, 1.165) is 22.0 Å². The number of anilines is 1. The second-order valence-electron chi connectivity index (χ2n) is 6.77. The van der Waals surface area contributed by atoms with Gasteiger partial charge in [0.2, 0.25) is 5.91 Å². The van der Waals surface area contributed by atoms with Crippen LogP contribution in [0.1, 0.15) is 20.8 Å². The first-order valence-electron chi connectivity index (χ1n) is 9.23. The Morgan fingerprint density at radius 2 is 2.03 bits per heavy atom. The molecule has 0 unspecified atom stereocenters. The first-order valence-corrected chi connectivity index (χ1v) is 10.1. The number of aromatic nitrogens is 2. The molecule has 0 spiro atoms. The molecule has 0 fully saturated rings. The number of thiophene rings is 1. The maximum atomic E-state index is 13.0. The van der Waals surface area contributed by atoms with Gasteiger partial charge in [-0.2, -0.15) is 0 Å². The van der Waals surface area contributed by atoms with Gasteiger partial charge in [-0.1, -0.05) is 24.3 Å². The van der Waals surface area contributed by atoms with Gasteiger partial charge in [0.1, 0.15) is 11.9 Å². The number of nitrogens with zero attached hydrogens (tertiary/aromatic N) is 1. The summed E-state index contributed by atoms with van der Waals surface area (Å²) >= 11 is 1.34. The molecule has 2 amide bonds. The number of amides is 2. The summed E-state index contributed by atoms with van der Waals surface area (Å²) in [5, 5.41) is 8.56. The Morgan fingerprint density at radius 1 is 1.17 bits per heavy atom. The van der Waals surface area contributed by atoms with Crippen LogP contribution in [0.25, 0.3) is 10.9 Å². The van der Waals surface area contributed by atoms with Gasteiger partial charge in [-0.05, 0) is 47.7 Å². The summed E-state index contributed by atoms with van der Waals surface area (Å²) < 4.78 is 0. The molecule has 0 aliphatic heterocycles. The van der Waals surface area contributed by atoms with Gasteiger partial charge in [0, 0.05) is 29.7 Å². The molecule has 146 valence electrons. The molecule has 3 heterocycles. The van der Waals surface area contributed by atoms with Crippen molar-refractivity contribution in [1.82, 2.24) is 15.3 Å². The number of hydrogen-bond donors (Lipinski definition) is 3. The molecule has 1 aromatic carbocycles. The fraction of sp³-hybridized carbons (Fsp3) is 0.136. The Labute approximate surface area is 172 Å². The van der Waals surface area contributed by atoms with E-state index in [1.807, 2.05) is 54.9 Å². The van der Waals surface area contributed by atoms with E-state index in [9.17, 15) is 9.59 Å². The minimum Gasteiger partial charge on any atom is -0.361 e. The number of fused-ring (bicyclic) bond motifs is 1. The molecule has 0 radical (unpaired) electrons. The number of nitrogens with one attached hydrogen (secondary N) is 3. The van der Waals surface area contributed by atoms with Gasteiger partial charge in [0.05, 0.1) is 4.88 Å².